The number of benzene rings is 1. The SMILES string of the molecule is CCCNC(=O)c1ccc(NC(=O)N2CC3CCC(C2)C3O)cc1. The summed E-state index contributed by atoms with van der Waals surface area (Å²) >= 11 is 0. The molecule has 1 heterocycles. The van der Waals surface area contributed by atoms with Crippen LogP contribution in [-0.2, 0) is 0 Å². The summed E-state index contributed by atoms with van der Waals surface area (Å²) < 4.78 is 0. The number of carbonyl (C=O) groups excluding carboxylic acids is 2. The van der Waals surface area contributed by atoms with Crippen molar-refractivity contribution < 1.29 is 14.7 Å². The van der Waals surface area contributed by atoms with Crippen LogP contribution in [0.2, 0.25) is 0 Å². The average molecular weight is 331 g/mol. The van der Waals surface area contributed by atoms with Gasteiger partial charge in [0.25, 0.3) is 5.91 Å². The van der Waals surface area contributed by atoms with E-state index in [0.29, 0.717) is 30.9 Å². The summed E-state index contributed by atoms with van der Waals surface area (Å²) in [5.41, 5.74) is 1.26. The lowest BCUT2D eigenvalue weighted by Crippen LogP contribution is -2.48. The van der Waals surface area contributed by atoms with Gasteiger partial charge in [0, 0.05) is 42.7 Å². The third-order valence-corrected chi connectivity index (χ3v) is 5.01. The Hall–Kier alpha value is -2.08. The largest absolute Gasteiger partial charge is 0.392 e. The lowest BCUT2D eigenvalue weighted by atomic mass is 9.95. The highest BCUT2D eigenvalue weighted by Crippen LogP contribution is 2.36. The van der Waals surface area contributed by atoms with Gasteiger partial charge in [0.05, 0.1) is 6.10 Å². The first-order valence-electron chi connectivity index (χ1n) is 8.70. The Bertz CT molecular complexity index is 588. The van der Waals surface area contributed by atoms with Crippen molar-refractivity contribution in [2.24, 2.45) is 11.8 Å². The Morgan fingerprint density at radius 1 is 1.17 bits per heavy atom. The predicted molar refractivity (Wildman–Crippen MR) is 91.9 cm³/mol. The van der Waals surface area contributed by atoms with E-state index in [1.54, 1.807) is 29.2 Å². The predicted octanol–water partition coefficient (Wildman–Crippen LogP) is 2.06. The molecule has 1 saturated carbocycles. The Kier molecular flexibility index (Phi) is 5.04. The van der Waals surface area contributed by atoms with Crippen LogP contribution < -0.4 is 10.6 Å². The molecule has 1 aromatic rings. The maximum Gasteiger partial charge on any atom is 0.321 e. The molecule has 0 radical (unpaired) electrons. The third kappa shape index (κ3) is 3.53. The number of piperidine rings is 1. The molecule has 2 bridgehead atoms. The maximum atomic E-state index is 12.4. The minimum absolute atomic E-state index is 0.101. The number of fused-ring (bicyclic) bond motifs is 2. The van der Waals surface area contributed by atoms with Gasteiger partial charge in [-0.15, -0.1) is 0 Å². The molecular weight excluding hydrogens is 306 g/mol. The van der Waals surface area contributed by atoms with Crippen LogP contribution >= 0.6 is 0 Å². The lowest BCUT2D eigenvalue weighted by molar-refractivity contribution is 0.0326. The topological polar surface area (TPSA) is 81.7 Å². The first kappa shape index (κ1) is 16.8. The molecule has 130 valence electrons. The molecule has 1 aliphatic carbocycles. The smallest absolute Gasteiger partial charge is 0.321 e. The van der Waals surface area contributed by atoms with Gasteiger partial charge in [0.15, 0.2) is 0 Å². The summed E-state index contributed by atoms with van der Waals surface area (Å²) in [5, 5.41) is 15.7. The molecule has 0 spiro atoms. The maximum absolute atomic E-state index is 12.4. The van der Waals surface area contributed by atoms with Crippen LogP contribution in [0, 0.1) is 11.8 Å². The Labute approximate surface area is 142 Å². The molecule has 1 aromatic carbocycles. The number of rotatable bonds is 4. The van der Waals surface area contributed by atoms with Gasteiger partial charge in [-0.3, -0.25) is 4.79 Å². The van der Waals surface area contributed by atoms with Gasteiger partial charge in [-0.1, -0.05) is 6.92 Å². The van der Waals surface area contributed by atoms with Gasteiger partial charge in [0.2, 0.25) is 0 Å². The van der Waals surface area contributed by atoms with Crippen molar-refractivity contribution in [1.82, 2.24) is 10.2 Å². The first-order chi connectivity index (χ1) is 11.6. The minimum atomic E-state index is -0.255. The minimum Gasteiger partial charge on any atom is -0.392 e. The standard InChI is InChI=1S/C18H25N3O3/c1-2-9-19-17(23)12-5-7-15(8-6-12)20-18(24)21-10-13-3-4-14(11-21)16(13)22/h5-8,13-14,16,22H,2-4,9-11H2,1H3,(H,19,23)(H,20,24). The molecule has 3 N–H and O–H groups in total. The highest BCUT2D eigenvalue weighted by atomic mass is 16.3. The van der Waals surface area contributed by atoms with Gasteiger partial charge in [-0.2, -0.15) is 0 Å². The van der Waals surface area contributed by atoms with Gasteiger partial charge in [-0.05, 0) is 43.5 Å². The molecule has 2 atom stereocenters. The van der Waals surface area contributed by atoms with Crippen molar-refractivity contribution in [3.05, 3.63) is 29.8 Å². The summed E-state index contributed by atoms with van der Waals surface area (Å²) in [5.74, 6) is 0.314. The van der Waals surface area contributed by atoms with Crippen molar-refractivity contribution in [3.63, 3.8) is 0 Å². The van der Waals surface area contributed by atoms with Crippen molar-refractivity contribution in [3.8, 4) is 0 Å². The van der Waals surface area contributed by atoms with Crippen LogP contribution in [-0.4, -0.2) is 47.7 Å². The van der Waals surface area contributed by atoms with Gasteiger partial charge < -0.3 is 20.6 Å². The van der Waals surface area contributed by atoms with E-state index in [4.69, 9.17) is 0 Å². The van der Waals surface area contributed by atoms with Crippen LogP contribution in [0.4, 0.5) is 10.5 Å². The molecule has 0 aromatic heterocycles. The quantitative estimate of drug-likeness (QED) is 0.790. The van der Waals surface area contributed by atoms with Gasteiger partial charge in [-0.25, -0.2) is 4.79 Å². The zero-order chi connectivity index (χ0) is 17.1. The number of amides is 3. The number of likely N-dealkylation sites (tertiary alicyclic amines) is 1. The number of nitrogens with zero attached hydrogens (tertiary/aromatic N) is 1. The van der Waals surface area contributed by atoms with E-state index in [1.165, 1.54) is 0 Å². The summed E-state index contributed by atoms with van der Waals surface area (Å²) in [6.45, 7) is 3.88. The number of aliphatic hydroxyl groups is 1. The fraction of sp³-hybridized carbons (Fsp3) is 0.556. The van der Waals surface area contributed by atoms with Crippen LogP contribution in [0.1, 0.15) is 36.5 Å². The zero-order valence-electron chi connectivity index (χ0n) is 14.0. The highest BCUT2D eigenvalue weighted by molar-refractivity contribution is 5.95. The fourth-order valence-electron chi connectivity index (χ4n) is 3.61. The summed E-state index contributed by atoms with van der Waals surface area (Å²) in [6, 6.07) is 6.77. The molecule has 24 heavy (non-hydrogen) atoms. The molecule has 6 heteroatoms. The highest BCUT2D eigenvalue weighted by Gasteiger charge is 2.42. The fourth-order valence-corrected chi connectivity index (χ4v) is 3.61. The zero-order valence-corrected chi connectivity index (χ0v) is 14.0. The van der Waals surface area contributed by atoms with Crippen molar-refractivity contribution in [1.29, 1.82) is 0 Å². The molecule has 1 aliphatic heterocycles. The first-order valence-corrected chi connectivity index (χ1v) is 8.70. The normalized spacial score (nSPS) is 25.4. The number of urea groups is 1. The second-order valence-electron chi connectivity index (χ2n) is 6.76. The molecule has 3 rings (SSSR count). The second-order valence-corrected chi connectivity index (χ2v) is 6.76. The third-order valence-electron chi connectivity index (χ3n) is 5.01. The van der Waals surface area contributed by atoms with E-state index in [9.17, 15) is 14.7 Å². The van der Waals surface area contributed by atoms with Crippen LogP contribution in [0.5, 0.6) is 0 Å². The molecule has 3 amide bonds. The molecular formula is C18H25N3O3. The second kappa shape index (κ2) is 7.21. The molecule has 2 fully saturated rings. The number of nitrogens with one attached hydrogen (secondary N) is 2. The summed E-state index contributed by atoms with van der Waals surface area (Å²) in [7, 11) is 0. The number of hydrogen-bond acceptors (Lipinski definition) is 3. The van der Waals surface area contributed by atoms with Crippen molar-refractivity contribution in [2.45, 2.75) is 32.3 Å². The van der Waals surface area contributed by atoms with E-state index < -0.39 is 0 Å². The van der Waals surface area contributed by atoms with E-state index >= 15 is 0 Å². The summed E-state index contributed by atoms with van der Waals surface area (Å²) in [4.78, 5) is 26.1. The number of carbonyl (C=O) groups is 2. The number of hydrogen-bond donors (Lipinski definition) is 3. The number of anilines is 1. The van der Waals surface area contributed by atoms with Crippen molar-refractivity contribution in [2.75, 3.05) is 25.0 Å². The Morgan fingerprint density at radius 3 is 2.38 bits per heavy atom. The van der Waals surface area contributed by atoms with E-state index in [-0.39, 0.29) is 29.9 Å². The molecule has 1 saturated heterocycles. The van der Waals surface area contributed by atoms with Crippen molar-refractivity contribution >= 4 is 17.6 Å². The molecule has 6 nitrogen and oxygen atoms in total. The van der Waals surface area contributed by atoms with Crippen LogP contribution in [0.3, 0.4) is 0 Å². The Morgan fingerprint density at radius 2 is 1.79 bits per heavy atom. The lowest BCUT2D eigenvalue weighted by Gasteiger charge is -2.35. The summed E-state index contributed by atoms with van der Waals surface area (Å²) in [6.07, 6.45) is 2.63. The van der Waals surface area contributed by atoms with Crippen LogP contribution in [0.25, 0.3) is 0 Å². The average Bonchev–Trinajstić information content (AvgIpc) is 2.81. The molecule has 2 aliphatic rings. The van der Waals surface area contributed by atoms with E-state index in [1.807, 2.05) is 6.92 Å². The monoisotopic (exact) mass is 331 g/mol. The van der Waals surface area contributed by atoms with Gasteiger partial charge >= 0.3 is 6.03 Å². The van der Waals surface area contributed by atoms with E-state index in [0.717, 1.165) is 19.3 Å². The van der Waals surface area contributed by atoms with E-state index in [2.05, 4.69) is 10.6 Å². The number of aliphatic hydroxyl groups excluding tert-OH is 1. The Balaban J connectivity index is 1.56. The molecule has 2 unspecified atom stereocenters. The van der Waals surface area contributed by atoms with Crippen LogP contribution in [0.15, 0.2) is 24.3 Å². The van der Waals surface area contributed by atoms with Gasteiger partial charge in [0.1, 0.15) is 0 Å².